The van der Waals surface area contributed by atoms with Crippen LogP contribution in [0.3, 0.4) is 0 Å². The molecule has 6 nitrogen and oxygen atoms in total. The fourth-order valence-electron chi connectivity index (χ4n) is 3.76. The van der Waals surface area contributed by atoms with Gasteiger partial charge in [-0.3, -0.25) is 9.59 Å². The lowest BCUT2D eigenvalue weighted by molar-refractivity contribution is -0.121. The van der Waals surface area contributed by atoms with E-state index in [1.54, 1.807) is 13.1 Å². The quantitative estimate of drug-likeness (QED) is 0.654. The molecule has 2 aliphatic rings. The van der Waals surface area contributed by atoms with Crippen LogP contribution in [0, 0.1) is 16.5 Å². The molecular formula is C19H21IN4O2. The molecule has 4 rings (SSSR count). The summed E-state index contributed by atoms with van der Waals surface area (Å²) in [5.41, 5.74) is 3.54. The van der Waals surface area contributed by atoms with Crippen LogP contribution < -0.4 is 4.90 Å². The molecule has 2 aromatic heterocycles. The molecule has 136 valence electrons. The number of fused-ring (bicyclic) bond motifs is 1. The third-order valence-corrected chi connectivity index (χ3v) is 6.37. The highest BCUT2D eigenvalue weighted by atomic mass is 127. The van der Waals surface area contributed by atoms with Crippen LogP contribution in [0.15, 0.2) is 12.3 Å². The van der Waals surface area contributed by atoms with Crippen molar-refractivity contribution in [3.8, 4) is 0 Å². The molecule has 2 aromatic rings. The van der Waals surface area contributed by atoms with E-state index in [2.05, 4.69) is 37.6 Å². The molecule has 7 heteroatoms. The van der Waals surface area contributed by atoms with Crippen LogP contribution in [-0.4, -0.2) is 39.5 Å². The smallest absolute Gasteiger partial charge is 0.282 e. The van der Waals surface area contributed by atoms with Gasteiger partial charge in [-0.25, -0.2) is 4.98 Å². The highest BCUT2D eigenvalue weighted by Crippen LogP contribution is 2.32. The number of carbonyl (C=O) groups excluding carboxylic acids is 2. The number of ketones is 1. The van der Waals surface area contributed by atoms with Crippen molar-refractivity contribution in [3.63, 3.8) is 0 Å². The number of rotatable bonds is 3. The maximum absolute atomic E-state index is 13.4. The number of hydrogen-bond donors (Lipinski definition) is 0. The first-order valence-electron chi connectivity index (χ1n) is 8.99. The maximum Gasteiger partial charge on any atom is 0.282 e. The van der Waals surface area contributed by atoms with Crippen molar-refractivity contribution in [2.24, 2.45) is 5.92 Å². The van der Waals surface area contributed by atoms with E-state index in [4.69, 9.17) is 0 Å². The van der Waals surface area contributed by atoms with Gasteiger partial charge in [-0.05, 0) is 73.8 Å². The zero-order valence-corrected chi connectivity index (χ0v) is 17.1. The lowest BCUT2D eigenvalue weighted by Gasteiger charge is -2.33. The second-order valence-corrected chi connectivity index (χ2v) is 8.17. The van der Waals surface area contributed by atoms with E-state index < -0.39 is 0 Å². The van der Waals surface area contributed by atoms with E-state index in [0.717, 1.165) is 58.7 Å². The molecule has 0 radical (unpaired) electrons. The monoisotopic (exact) mass is 464 g/mol. The van der Waals surface area contributed by atoms with Crippen LogP contribution in [-0.2, 0) is 17.6 Å². The summed E-state index contributed by atoms with van der Waals surface area (Å²) >= 11 is 2.20. The van der Waals surface area contributed by atoms with E-state index >= 15 is 0 Å². The van der Waals surface area contributed by atoms with E-state index in [0.29, 0.717) is 12.0 Å². The molecule has 26 heavy (non-hydrogen) atoms. The molecule has 1 saturated heterocycles. The van der Waals surface area contributed by atoms with Gasteiger partial charge in [0.2, 0.25) is 0 Å². The minimum atomic E-state index is -0.138. The van der Waals surface area contributed by atoms with Crippen molar-refractivity contribution in [2.45, 2.75) is 39.5 Å². The molecule has 1 unspecified atom stereocenters. The number of hydrogen-bond acceptors (Lipinski definition) is 5. The van der Waals surface area contributed by atoms with Gasteiger partial charge >= 0.3 is 0 Å². The topological polar surface area (TPSA) is 68.1 Å². The Bertz CT molecular complexity index is 901. The predicted octanol–water partition coefficient (Wildman–Crippen LogP) is 2.78. The Morgan fingerprint density at radius 1 is 1.31 bits per heavy atom. The second-order valence-electron chi connectivity index (χ2n) is 7.15. The minimum Gasteiger partial charge on any atom is -0.356 e. The number of halogens is 1. The summed E-state index contributed by atoms with van der Waals surface area (Å²) in [5.74, 6) is 0.774. The van der Waals surface area contributed by atoms with Crippen molar-refractivity contribution < 1.29 is 9.59 Å². The van der Waals surface area contributed by atoms with E-state index in [-0.39, 0.29) is 17.6 Å². The van der Waals surface area contributed by atoms with Crippen molar-refractivity contribution in [2.75, 3.05) is 18.0 Å². The van der Waals surface area contributed by atoms with Crippen molar-refractivity contribution in [1.29, 1.82) is 0 Å². The van der Waals surface area contributed by atoms with E-state index in [9.17, 15) is 9.59 Å². The first kappa shape index (κ1) is 17.6. The second kappa shape index (κ2) is 6.75. The summed E-state index contributed by atoms with van der Waals surface area (Å²) in [6.45, 7) is 5.43. The first-order valence-corrected chi connectivity index (χ1v) is 10.1. The fourth-order valence-corrected chi connectivity index (χ4v) is 4.56. The summed E-state index contributed by atoms with van der Waals surface area (Å²) in [7, 11) is 0. The zero-order valence-electron chi connectivity index (χ0n) is 15.0. The van der Waals surface area contributed by atoms with Crippen LogP contribution in [0.4, 0.5) is 5.82 Å². The molecule has 0 spiro atoms. The van der Waals surface area contributed by atoms with Crippen LogP contribution >= 0.6 is 22.6 Å². The first-order chi connectivity index (χ1) is 12.5. The Labute approximate surface area is 166 Å². The number of aryl methyl sites for hydroxylation is 1. The Hall–Kier alpha value is -1.77. The Morgan fingerprint density at radius 3 is 2.73 bits per heavy atom. The van der Waals surface area contributed by atoms with Crippen LogP contribution in [0.1, 0.15) is 46.9 Å². The molecule has 3 heterocycles. The molecule has 1 aliphatic heterocycles. The van der Waals surface area contributed by atoms with Crippen molar-refractivity contribution in [3.05, 3.63) is 38.3 Å². The summed E-state index contributed by atoms with van der Waals surface area (Å²) in [4.78, 5) is 31.9. The Balaban J connectivity index is 1.78. The molecule has 0 N–H and O–H groups in total. The third kappa shape index (κ3) is 2.86. The van der Waals surface area contributed by atoms with E-state index in [1.165, 1.54) is 4.68 Å². The molecule has 0 amide bonds. The third-order valence-electron chi connectivity index (χ3n) is 5.50. The normalized spacial score (nSPS) is 19.0. The maximum atomic E-state index is 13.4. The Morgan fingerprint density at radius 2 is 2.08 bits per heavy atom. The van der Waals surface area contributed by atoms with Gasteiger partial charge in [0.1, 0.15) is 15.3 Å². The minimum absolute atomic E-state index is 0.0219. The summed E-state index contributed by atoms with van der Waals surface area (Å²) in [6, 6.07) is 1.87. The molecule has 1 atom stereocenters. The van der Waals surface area contributed by atoms with Crippen molar-refractivity contribution >= 4 is 40.1 Å². The van der Waals surface area contributed by atoms with Crippen LogP contribution in [0.25, 0.3) is 0 Å². The average molecular weight is 464 g/mol. The predicted molar refractivity (Wildman–Crippen MR) is 107 cm³/mol. The molecular weight excluding hydrogens is 443 g/mol. The largest absolute Gasteiger partial charge is 0.356 e. The van der Waals surface area contributed by atoms with Gasteiger partial charge in [0.05, 0.1) is 11.3 Å². The summed E-state index contributed by atoms with van der Waals surface area (Å²) < 4.78 is 2.39. The van der Waals surface area contributed by atoms with Gasteiger partial charge in [0, 0.05) is 30.8 Å². The van der Waals surface area contributed by atoms with Gasteiger partial charge in [-0.2, -0.15) is 9.78 Å². The number of carbonyl (C=O) groups is 2. The number of aromatic nitrogens is 3. The van der Waals surface area contributed by atoms with Gasteiger partial charge in [0.25, 0.3) is 5.91 Å². The molecule has 0 bridgehead atoms. The van der Waals surface area contributed by atoms with Gasteiger partial charge in [-0.15, -0.1) is 0 Å². The van der Waals surface area contributed by atoms with E-state index in [1.807, 2.05) is 13.0 Å². The number of anilines is 1. The van der Waals surface area contributed by atoms with Crippen LogP contribution in [0.5, 0.6) is 0 Å². The van der Waals surface area contributed by atoms with Crippen molar-refractivity contribution in [1.82, 2.24) is 14.8 Å². The highest BCUT2D eigenvalue weighted by Gasteiger charge is 2.32. The molecule has 0 aromatic carbocycles. The number of pyridine rings is 1. The van der Waals surface area contributed by atoms with Gasteiger partial charge in [0.15, 0.2) is 0 Å². The van der Waals surface area contributed by atoms with Crippen LogP contribution in [0.2, 0.25) is 0 Å². The lowest BCUT2D eigenvalue weighted by Crippen LogP contribution is -2.39. The standard InChI is InChI=1S/C19H21IN4O2/c1-11-6-7-21-18(23-8-3-9-23)16(11)19(26)24-15-10-13(12(2)25)4-5-14(15)17(20)22-24/h6-7,13H,3-5,8-10H2,1-2H3. The van der Waals surface area contributed by atoms with Gasteiger partial charge in [-0.1, -0.05) is 0 Å². The molecule has 1 aliphatic carbocycles. The molecule has 1 fully saturated rings. The number of Topliss-reactive ketones (excluding diaryl/α,β-unsaturated/α-hetero) is 1. The lowest BCUT2D eigenvalue weighted by atomic mass is 9.85. The molecule has 0 saturated carbocycles. The fraction of sp³-hybridized carbons (Fsp3) is 0.474. The highest BCUT2D eigenvalue weighted by molar-refractivity contribution is 14.1. The number of nitrogens with zero attached hydrogens (tertiary/aromatic N) is 4. The van der Waals surface area contributed by atoms with Gasteiger partial charge < -0.3 is 4.90 Å². The summed E-state index contributed by atoms with van der Waals surface area (Å²) in [5, 5.41) is 4.54. The Kier molecular flexibility index (Phi) is 4.58. The average Bonchev–Trinajstić information content (AvgIpc) is 2.89. The zero-order chi connectivity index (χ0) is 18.4. The summed E-state index contributed by atoms with van der Waals surface area (Å²) in [6.07, 6.45) is 5.11. The SMILES string of the molecule is CC(=O)C1CCc2c(I)nn(C(=O)c3c(C)ccnc3N3CCC3)c2C1.